The van der Waals surface area contributed by atoms with Crippen molar-refractivity contribution in [3.8, 4) is 0 Å². The molecule has 1 aromatic heterocycles. The summed E-state index contributed by atoms with van der Waals surface area (Å²) in [5, 5.41) is 1.09. The van der Waals surface area contributed by atoms with Crippen LogP contribution in [-0.4, -0.2) is 10.8 Å². The summed E-state index contributed by atoms with van der Waals surface area (Å²) in [5.74, 6) is -0.791. The summed E-state index contributed by atoms with van der Waals surface area (Å²) >= 11 is 5.96. The van der Waals surface area contributed by atoms with Crippen molar-refractivity contribution in [1.82, 2.24) is 4.98 Å². The Morgan fingerprint density at radius 1 is 1.10 bits per heavy atom. The van der Waals surface area contributed by atoms with Crippen molar-refractivity contribution in [3.05, 3.63) is 76.7 Å². The average molecular weight is 286 g/mol. The van der Waals surface area contributed by atoms with Gasteiger partial charge in [0.25, 0.3) is 0 Å². The SMILES string of the molecule is O=C(c1ccc2ncccc2c1)c1cc(F)ccc1Cl. The molecule has 0 unspecified atom stereocenters. The van der Waals surface area contributed by atoms with Crippen LogP contribution in [0.15, 0.2) is 54.7 Å². The van der Waals surface area contributed by atoms with Crippen LogP contribution in [0.4, 0.5) is 4.39 Å². The molecule has 0 bridgehead atoms. The van der Waals surface area contributed by atoms with Crippen molar-refractivity contribution in [2.24, 2.45) is 0 Å². The lowest BCUT2D eigenvalue weighted by Gasteiger charge is -2.05. The van der Waals surface area contributed by atoms with Crippen LogP contribution >= 0.6 is 11.6 Å². The molecule has 0 atom stereocenters. The number of ketones is 1. The zero-order valence-electron chi connectivity index (χ0n) is 10.3. The smallest absolute Gasteiger partial charge is 0.194 e. The Labute approximate surface area is 119 Å². The minimum atomic E-state index is -0.486. The van der Waals surface area contributed by atoms with Crippen molar-refractivity contribution in [3.63, 3.8) is 0 Å². The van der Waals surface area contributed by atoms with E-state index in [1.54, 1.807) is 30.5 Å². The summed E-state index contributed by atoms with van der Waals surface area (Å²) < 4.78 is 13.3. The zero-order valence-corrected chi connectivity index (χ0v) is 11.1. The van der Waals surface area contributed by atoms with Crippen molar-refractivity contribution >= 4 is 28.3 Å². The van der Waals surface area contributed by atoms with Crippen LogP contribution in [0, 0.1) is 5.82 Å². The van der Waals surface area contributed by atoms with Crippen molar-refractivity contribution in [1.29, 1.82) is 0 Å². The van der Waals surface area contributed by atoms with Gasteiger partial charge in [0.1, 0.15) is 5.82 Å². The fourth-order valence-corrected chi connectivity index (χ4v) is 2.25. The molecule has 0 aliphatic heterocycles. The van der Waals surface area contributed by atoms with E-state index >= 15 is 0 Å². The Morgan fingerprint density at radius 3 is 2.80 bits per heavy atom. The molecule has 0 fully saturated rings. The summed E-state index contributed by atoms with van der Waals surface area (Å²) in [6, 6.07) is 12.6. The van der Waals surface area contributed by atoms with Gasteiger partial charge in [0.05, 0.1) is 10.5 Å². The van der Waals surface area contributed by atoms with E-state index in [-0.39, 0.29) is 16.4 Å². The van der Waals surface area contributed by atoms with Gasteiger partial charge in [-0.2, -0.15) is 0 Å². The standard InChI is InChI=1S/C16H9ClFNO/c17-14-5-4-12(18)9-13(14)16(20)11-3-6-15-10(8-11)2-1-7-19-15/h1-9H. The Bertz CT molecular complexity index is 816. The summed E-state index contributed by atoms with van der Waals surface area (Å²) in [5.41, 5.74) is 1.42. The first-order valence-corrected chi connectivity index (χ1v) is 6.37. The van der Waals surface area contributed by atoms with Gasteiger partial charge in [-0.05, 0) is 42.5 Å². The summed E-state index contributed by atoms with van der Waals surface area (Å²) in [4.78, 5) is 16.6. The first-order chi connectivity index (χ1) is 9.65. The maximum atomic E-state index is 13.3. The van der Waals surface area contributed by atoms with E-state index in [9.17, 15) is 9.18 Å². The molecule has 0 saturated heterocycles. The third kappa shape index (κ3) is 2.28. The number of benzene rings is 2. The molecular formula is C16H9ClFNO. The highest BCUT2D eigenvalue weighted by atomic mass is 35.5. The highest BCUT2D eigenvalue weighted by molar-refractivity contribution is 6.35. The highest BCUT2D eigenvalue weighted by Gasteiger charge is 2.14. The quantitative estimate of drug-likeness (QED) is 0.659. The molecule has 0 N–H and O–H groups in total. The Balaban J connectivity index is 2.10. The molecule has 98 valence electrons. The fourth-order valence-electron chi connectivity index (χ4n) is 2.04. The molecule has 20 heavy (non-hydrogen) atoms. The van der Waals surface area contributed by atoms with E-state index in [0.29, 0.717) is 5.56 Å². The second kappa shape index (κ2) is 5.02. The van der Waals surface area contributed by atoms with Crippen LogP contribution in [0.25, 0.3) is 10.9 Å². The number of halogens is 2. The van der Waals surface area contributed by atoms with Gasteiger partial charge in [-0.1, -0.05) is 17.7 Å². The van der Waals surface area contributed by atoms with Gasteiger partial charge >= 0.3 is 0 Å². The van der Waals surface area contributed by atoms with Gasteiger partial charge in [0, 0.05) is 22.7 Å². The lowest BCUT2D eigenvalue weighted by molar-refractivity contribution is 0.103. The van der Waals surface area contributed by atoms with Crippen LogP contribution < -0.4 is 0 Å². The van der Waals surface area contributed by atoms with Crippen LogP contribution in [0.1, 0.15) is 15.9 Å². The second-order valence-corrected chi connectivity index (χ2v) is 4.77. The van der Waals surface area contributed by atoms with Gasteiger partial charge < -0.3 is 0 Å². The van der Waals surface area contributed by atoms with Crippen molar-refractivity contribution in [2.75, 3.05) is 0 Å². The third-order valence-electron chi connectivity index (χ3n) is 3.04. The Morgan fingerprint density at radius 2 is 1.95 bits per heavy atom. The van der Waals surface area contributed by atoms with E-state index in [1.165, 1.54) is 12.1 Å². The normalized spacial score (nSPS) is 10.7. The number of hydrogen-bond acceptors (Lipinski definition) is 2. The van der Waals surface area contributed by atoms with E-state index in [4.69, 9.17) is 11.6 Å². The van der Waals surface area contributed by atoms with Crippen molar-refractivity contribution < 1.29 is 9.18 Å². The first kappa shape index (κ1) is 12.8. The second-order valence-electron chi connectivity index (χ2n) is 4.36. The number of aromatic nitrogens is 1. The summed E-state index contributed by atoms with van der Waals surface area (Å²) in [7, 11) is 0. The fraction of sp³-hybridized carbons (Fsp3) is 0. The highest BCUT2D eigenvalue weighted by Crippen LogP contribution is 2.22. The lowest BCUT2D eigenvalue weighted by Crippen LogP contribution is -2.03. The van der Waals surface area contributed by atoms with Crippen LogP contribution in [0.2, 0.25) is 5.02 Å². The monoisotopic (exact) mass is 285 g/mol. The minimum Gasteiger partial charge on any atom is -0.289 e. The molecule has 4 heteroatoms. The van der Waals surface area contributed by atoms with Crippen LogP contribution in [-0.2, 0) is 0 Å². The first-order valence-electron chi connectivity index (χ1n) is 6.00. The van der Waals surface area contributed by atoms with E-state index in [0.717, 1.165) is 17.0 Å². The number of fused-ring (bicyclic) bond motifs is 1. The molecule has 0 amide bonds. The average Bonchev–Trinajstić information content (AvgIpc) is 2.48. The van der Waals surface area contributed by atoms with Gasteiger partial charge in [-0.3, -0.25) is 9.78 Å². The van der Waals surface area contributed by atoms with Gasteiger partial charge in [-0.25, -0.2) is 4.39 Å². The van der Waals surface area contributed by atoms with Crippen molar-refractivity contribution in [2.45, 2.75) is 0 Å². The topological polar surface area (TPSA) is 30.0 Å². The van der Waals surface area contributed by atoms with Crippen LogP contribution in [0.5, 0.6) is 0 Å². The third-order valence-corrected chi connectivity index (χ3v) is 3.37. The molecular weight excluding hydrogens is 277 g/mol. The van der Waals surface area contributed by atoms with Crippen LogP contribution in [0.3, 0.4) is 0 Å². The lowest BCUT2D eigenvalue weighted by atomic mass is 10.0. The van der Waals surface area contributed by atoms with Gasteiger partial charge in [0.2, 0.25) is 0 Å². The number of carbonyl (C=O) groups excluding carboxylic acids is 1. The molecule has 2 nitrogen and oxygen atoms in total. The van der Waals surface area contributed by atoms with Gasteiger partial charge in [-0.15, -0.1) is 0 Å². The predicted octanol–water partition coefficient (Wildman–Crippen LogP) is 4.26. The molecule has 2 aromatic carbocycles. The summed E-state index contributed by atoms with van der Waals surface area (Å²) in [6.45, 7) is 0. The van der Waals surface area contributed by atoms with E-state index in [2.05, 4.69) is 4.98 Å². The number of nitrogens with zero attached hydrogens (tertiary/aromatic N) is 1. The maximum absolute atomic E-state index is 13.3. The Hall–Kier alpha value is -2.26. The molecule has 0 aliphatic carbocycles. The number of hydrogen-bond donors (Lipinski definition) is 0. The molecule has 0 spiro atoms. The molecule has 0 radical (unpaired) electrons. The summed E-state index contributed by atoms with van der Waals surface area (Å²) in [6.07, 6.45) is 1.69. The number of pyridine rings is 1. The molecule has 0 aliphatic rings. The molecule has 1 heterocycles. The molecule has 3 rings (SSSR count). The molecule has 0 saturated carbocycles. The largest absolute Gasteiger partial charge is 0.289 e. The Kier molecular flexibility index (Phi) is 3.20. The maximum Gasteiger partial charge on any atom is 0.194 e. The zero-order chi connectivity index (χ0) is 14.1. The minimum absolute atomic E-state index is 0.162. The predicted molar refractivity (Wildman–Crippen MR) is 76.6 cm³/mol. The molecule has 3 aromatic rings. The van der Waals surface area contributed by atoms with E-state index in [1.807, 2.05) is 6.07 Å². The number of carbonyl (C=O) groups is 1. The van der Waals surface area contributed by atoms with E-state index < -0.39 is 5.82 Å². The van der Waals surface area contributed by atoms with Gasteiger partial charge in [0.15, 0.2) is 5.78 Å². The number of rotatable bonds is 2.